The quantitative estimate of drug-likeness (QED) is 0.817. The number of nitrogens with zero attached hydrogens (tertiary/aromatic N) is 3. The van der Waals surface area contributed by atoms with Gasteiger partial charge in [-0.15, -0.1) is 0 Å². The minimum absolute atomic E-state index is 1.07. The summed E-state index contributed by atoms with van der Waals surface area (Å²) >= 11 is 0. The lowest BCUT2D eigenvalue weighted by molar-refractivity contribution is 0.146. The van der Waals surface area contributed by atoms with E-state index < -0.39 is 0 Å². The molecule has 2 heterocycles. The predicted molar refractivity (Wildman–Crippen MR) is 80.4 cm³/mol. The largest absolute Gasteiger partial charge is 0.346 e. The highest BCUT2D eigenvalue weighted by molar-refractivity contribution is 5.82. The summed E-state index contributed by atoms with van der Waals surface area (Å²) in [6.45, 7) is 7.95. The second-order valence-corrected chi connectivity index (χ2v) is 5.84. The topological polar surface area (TPSA) is 11.4 Å². The predicted octanol–water partition coefficient (Wildman–Crippen LogP) is 2.23. The maximum Gasteiger partial charge on any atom is 0.0480 e. The molecular formula is C16H23N3. The van der Waals surface area contributed by atoms with Crippen molar-refractivity contribution < 1.29 is 0 Å². The van der Waals surface area contributed by atoms with E-state index in [0.717, 1.165) is 6.54 Å². The normalized spacial score (nSPS) is 18.3. The van der Waals surface area contributed by atoms with Crippen molar-refractivity contribution in [3.8, 4) is 0 Å². The standard InChI is InChI=1S/C16H23N3/c1-13-4-5-16-14(10-13)11-15(18(16)3)12-19-8-6-17(2)7-9-19/h4-5,10-11H,6-9,12H2,1-3H3. The van der Waals surface area contributed by atoms with Crippen LogP contribution in [0.5, 0.6) is 0 Å². The summed E-state index contributed by atoms with van der Waals surface area (Å²) in [5.41, 5.74) is 4.10. The summed E-state index contributed by atoms with van der Waals surface area (Å²) < 4.78 is 2.34. The summed E-state index contributed by atoms with van der Waals surface area (Å²) in [5, 5.41) is 1.37. The zero-order valence-corrected chi connectivity index (χ0v) is 12.2. The monoisotopic (exact) mass is 257 g/mol. The molecule has 3 rings (SSSR count). The number of aromatic nitrogens is 1. The van der Waals surface area contributed by atoms with Gasteiger partial charge in [0.15, 0.2) is 0 Å². The van der Waals surface area contributed by atoms with E-state index in [1.54, 1.807) is 0 Å². The molecule has 1 aromatic heterocycles. The van der Waals surface area contributed by atoms with Crippen molar-refractivity contribution in [1.82, 2.24) is 14.4 Å². The number of benzene rings is 1. The summed E-state index contributed by atoms with van der Waals surface area (Å²) in [6.07, 6.45) is 0. The summed E-state index contributed by atoms with van der Waals surface area (Å²) in [7, 11) is 4.39. The molecule has 0 spiro atoms. The van der Waals surface area contributed by atoms with Crippen LogP contribution in [0.25, 0.3) is 10.9 Å². The van der Waals surface area contributed by atoms with E-state index in [1.807, 2.05) is 0 Å². The molecule has 0 atom stereocenters. The van der Waals surface area contributed by atoms with E-state index in [4.69, 9.17) is 0 Å². The van der Waals surface area contributed by atoms with E-state index in [-0.39, 0.29) is 0 Å². The molecule has 1 aromatic carbocycles. The first kappa shape index (κ1) is 12.7. The Kier molecular flexibility index (Phi) is 3.33. The molecule has 0 N–H and O–H groups in total. The van der Waals surface area contributed by atoms with Crippen LogP contribution in [0, 0.1) is 6.92 Å². The lowest BCUT2D eigenvalue weighted by Gasteiger charge is -2.32. The van der Waals surface area contributed by atoms with E-state index in [9.17, 15) is 0 Å². The fourth-order valence-electron chi connectivity index (χ4n) is 2.91. The van der Waals surface area contributed by atoms with Crippen molar-refractivity contribution in [2.45, 2.75) is 13.5 Å². The van der Waals surface area contributed by atoms with Crippen LogP contribution in [0.2, 0.25) is 0 Å². The van der Waals surface area contributed by atoms with Crippen LogP contribution >= 0.6 is 0 Å². The first-order valence-electron chi connectivity index (χ1n) is 7.09. The minimum Gasteiger partial charge on any atom is -0.346 e. The zero-order valence-electron chi connectivity index (χ0n) is 12.2. The van der Waals surface area contributed by atoms with Gasteiger partial charge >= 0.3 is 0 Å². The van der Waals surface area contributed by atoms with Crippen molar-refractivity contribution in [3.05, 3.63) is 35.5 Å². The van der Waals surface area contributed by atoms with Crippen LogP contribution in [-0.2, 0) is 13.6 Å². The Bertz CT molecular complexity index is 577. The number of aryl methyl sites for hydroxylation is 2. The van der Waals surface area contributed by atoms with Crippen LogP contribution in [-0.4, -0.2) is 47.6 Å². The average molecular weight is 257 g/mol. The number of piperazine rings is 1. The van der Waals surface area contributed by atoms with Gasteiger partial charge in [-0.3, -0.25) is 4.90 Å². The van der Waals surface area contributed by atoms with Crippen LogP contribution in [0.15, 0.2) is 24.3 Å². The number of fused-ring (bicyclic) bond motifs is 1. The summed E-state index contributed by atoms with van der Waals surface area (Å²) in [6, 6.07) is 9.06. The summed E-state index contributed by atoms with van der Waals surface area (Å²) in [5.74, 6) is 0. The number of rotatable bonds is 2. The minimum atomic E-state index is 1.07. The number of likely N-dealkylation sites (N-methyl/N-ethyl adjacent to an activating group) is 1. The molecule has 3 nitrogen and oxygen atoms in total. The van der Waals surface area contributed by atoms with Gasteiger partial charge in [-0.25, -0.2) is 0 Å². The maximum atomic E-state index is 2.56. The zero-order chi connectivity index (χ0) is 13.4. The Hall–Kier alpha value is -1.32. The molecule has 102 valence electrons. The van der Waals surface area contributed by atoms with Crippen LogP contribution in [0.3, 0.4) is 0 Å². The fourth-order valence-corrected chi connectivity index (χ4v) is 2.91. The molecule has 0 unspecified atom stereocenters. The fraction of sp³-hybridized carbons (Fsp3) is 0.500. The van der Waals surface area contributed by atoms with Crippen LogP contribution < -0.4 is 0 Å². The van der Waals surface area contributed by atoms with Gasteiger partial charge in [0.2, 0.25) is 0 Å². The Morgan fingerprint density at radius 1 is 1.00 bits per heavy atom. The van der Waals surface area contributed by atoms with E-state index in [0.29, 0.717) is 0 Å². The molecule has 0 saturated carbocycles. The second-order valence-electron chi connectivity index (χ2n) is 5.84. The molecule has 1 aliphatic rings. The third-order valence-corrected chi connectivity index (χ3v) is 4.28. The van der Waals surface area contributed by atoms with Gasteiger partial charge in [0, 0.05) is 56.4 Å². The Labute approximate surface area is 115 Å². The molecule has 0 bridgehead atoms. The molecular weight excluding hydrogens is 234 g/mol. The van der Waals surface area contributed by atoms with Gasteiger partial charge in [-0.2, -0.15) is 0 Å². The van der Waals surface area contributed by atoms with Gasteiger partial charge in [0.1, 0.15) is 0 Å². The summed E-state index contributed by atoms with van der Waals surface area (Å²) in [4.78, 5) is 4.96. The third-order valence-electron chi connectivity index (χ3n) is 4.28. The van der Waals surface area contributed by atoms with Gasteiger partial charge in [0.05, 0.1) is 0 Å². The van der Waals surface area contributed by atoms with Gasteiger partial charge in [0.25, 0.3) is 0 Å². The smallest absolute Gasteiger partial charge is 0.0480 e. The van der Waals surface area contributed by atoms with Crippen molar-refractivity contribution in [2.24, 2.45) is 7.05 Å². The van der Waals surface area contributed by atoms with Crippen molar-refractivity contribution in [1.29, 1.82) is 0 Å². The maximum absolute atomic E-state index is 2.56. The molecule has 0 radical (unpaired) electrons. The average Bonchev–Trinajstić information content (AvgIpc) is 2.68. The molecule has 3 heteroatoms. The molecule has 1 saturated heterocycles. The number of hydrogen-bond acceptors (Lipinski definition) is 2. The highest BCUT2D eigenvalue weighted by Gasteiger charge is 2.15. The van der Waals surface area contributed by atoms with Gasteiger partial charge in [-0.05, 0) is 32.2 Å². The molecule has 1 fully saturated rings. The van der Waals surface area contributed by atoms with E-state index >= 15 is 0 Å². The molecule has 19 heavy (non-hydrogen) atoms. The lowest BCUT2D eigenvalue weighted by atomic mass is 10.2. The van der Waals surface area contributed by atoms with Gasteiger partial charge in [-0.1, -0.05) is 11.6 Å². The van der Waals surface area contributed by atoms with E-state index in [1.165, 1.54) is 48.3 Å². The van der Waals surface area contributed by atoms with Crippen molar-refractivity contribution in [3.63, 3.8) is 0 Å². The van der Waals surface area contributed by atoms with Crippen molar-refractivity contribution in [2.75, 3.05) is 33.2 Å². The molecule has 2 aromatic rings. The SMILES string of the molecule is Cc1ccc2c(c1)cc(CN1CCN(C)CC1)n2C. The lowest BCUT2D eigenvalue weighted by Crippen LogP contribution is -2.44. The van der Waals surface area contributed by atoms with Crippen LogP contribution in [0.4, 0.5) is 0 Å². The number of hydrogen-bond donors (Lipinski definition) is 0. The highest BCUT2D eigenvalue weighted by Crippen LogP contribution is 2.21. The second kappa shape index (κ2) is 4.99. The Balaban J connectivity index is 1.83. The molecule has 1 aliphatic heterocycles. The third kappa shape index (κ3) is 2.53. The first-order chi connectivity index (χ1) is 9.13. The highest BCUT2D eigenvalue weighted by atomic mass is 15.2. The van der Waals surface area contributed by atoms with Crippen LogP contribution in [0.1, 0.15) is 11.3 Å². The molecule has 0 aliphatic carbocycles. The Morgan fingerprint density at radius 3 is 2.47 bits per heavy atom. The first-order valence-corrected chi connectivity index (χ1v) is 7.09. The van der Waals surface area contributed by atoms with Crippen molar-refractivity contribution >= 4 is 10.9 Å². The Morgan fingerprint density at radius 2 is 1.74 bits per heavy atom. The van der Waals surface area contributed by atoms with Gasteiger partial charge < -0.3 is 9.47 Å². The molecule has 0 amide bonds. The van der Waals surface area contributed by atoms with E-state index in [2.05, 4.69) is 59.7 Å².